The molecule has 1 aliphatic carbocycles. The summed E-state index contributed by atoms with van der Waals surface area (Å²) < 4.78 is 0. The highest BCUT2D eigenvalue weighted by Gasteiger charge is 2.27. The van der Waals surface area contributed by atoms with Crippen molar-refractivity contribution in [3.05, 3.63) is 0 Å². The van der Waals surface area contributed by atoms with Crippen molar-refractivity contribution in [3.63, 3.8) is 0 Å². The van der Waals surface area contributed by atoms with Crippen LogP contribution in [0.5, 0.6) is 0 Å². The van der Waals surface area contributed by atoms with Gasteiger partial charge in [-0.05, 0) is 36.0 Å². The van der Waals surface area contributed by atoms with Gasteiger partial charge in [0, 0.05) is 0 Å². The molecule has 1 saturated carbocycles. The van der Waals surface area contributed by atoms with Gasteiger partial charge in [0.2, 0.25) is 0 Å². The Kier molecular flexibility index (Phi) is 7.34. The van der Waals surface area contributed by atoms with Crippen LogP contribution >= 0.6 is 0 Å². The molecule has 3 atom stereocenters. The summed E-state index contributed by atoms with van der Waals surface area (Å²) >= 11 is 0. The average Bonchev–Trinajstić information content (AvgIpc) is 2.27. The van der Waals surface area contributed by atoms with Gasteiger partial charge in [-0.15, -0.1) is 0 Å². The molecule has 0 amide bonds. The summed E-state index contributed by atoms with van der Waals surface area (Å²) in [5, 5.41) is 0. The summed E-state index contributed by atoms with van der Waals surface area (Å²) in [6, 6.07) is 0. The van der Waals surface area contributed by atoms with Crippen molar-refractivity contribution in [2.45, 2.75) is 86.0 Å². The Labute approximate surface area is 116 Å². The molecule has 0 radical (unpaired) electrons. The Hall–Kier alpha value is 0. The van der Waals surface area contributed by atoms with Gasteiger partial charge in [0.05, 0.1) is 0 Å². The number of rotatable bonds is 7. The smallest absolute Gasteiger partial charge is 0.0363 e. The van der Waals surface area contributed by atoms with Crippen molar-refractivity contribution >= 4 is 0 Å². The predicted molar refractivity (Wildman–Crippen MR) is 82.8 cm³/mol. The van der Waals surface area contributed by atoms with Crippen molar-refractivity contribution < 1.29 is 0 Å². The van der Waals surface area contributed by atoms with Gasteiger partial charge in [-0.1, -0.05) is 79.6 Å². The third-order valence-electron chi connectivity index (χ3n) is 5.25. The fourth-order valence-corrected chi connectivity index (χ4v) is 3.82. The molecule has 0 nitrogen and oxygen atoms in total. The van der Waals surface area contributed by atoms with E-state index >= 15 is 0 Å². The van der Waals surface area contributed by atoms with Crippen molar-refractivity contribution in [2.75, 3.05) is 0 Å². The van der Waals surface area contributed by atoms with E-state index in [0.29, 0.717) is 0 Å². The molecule has 0 N–H and O–H groups in total. The normalized spacial score (nSPS) is 27.7. The first-order valence-corrected chi connectivity index (χ1v) is 8.50. The lowest BCUT2D eigenvalue weighted by Crippen LogP contribution is -2.25. The molecule has 0 heteroatoms. The quantitative estimate of drug-likeness (QED) is 0.498. The maximum Gasteiger partial charge on any atom is -0.0363 e. The van der Waals surface area contributed by atoms with Gasteiger partial charge in [-0.2, -0.15) is 0 Å². The zero-order valence-electron chi connectivity index (χ0n) is 13.5. The van der Waals surface area contributed by atoms with E-state index in [9.17, 15) is 0 Å². The second-order valence-corrected chi connectivity index (χ2v) is 7.56. The van der Waals surface area contributed by atoms with E-state index in [1.807, 2.05) is 0 Å². The largest absolute Gasteiger partial charge is 0.0628 e. The van der Waals surface area contributed by atoms with Gasteiger partial charge in [0.15, 0.2) is 0 Å². The van der Waals surface area contributed by atoms with Gasteiger partial charge in [-0.3, -0.25) is 0 Å². The Morgan fingerprint density at radius 2 is 1.50 bits per heavy atom. The van der Waals surface area contributed by atoms with Gasteiger partial charge < -0.3 is 0 Å². The van der Waals surface area contributed by atoms with E-state index in [1.54, 1.807) is 0 Å². The first kappa shape index (κ1) is 16.1. The van der Waals surface area contributed by atoms with Crippen LogP contribution in [0.25, 0.3) is 0 Å². The Morgan fingerprint density at radius 3 is 2.06 bits per heavy atom. The monoisotopic (exact) mass is 252 g/mol. The topological polar surface area (TPSA) is 0 Å². The average molecular weight is 252 g/mol. The summed E-state index contributed by atoms with van der Waals surface area (Å²) in [6.45, 7) is 12.1. The maximum absolute atomic E-state index is 2.49. The van der Waals surface area contributed by atoms with Crippen LogP contribution in [0.3, 0.4) is 0 Å². The Bertz CT molecular complexity index is 196. The number of hydrogen-bond acceptors (Lipinski definition) is 0. The van der Waals surface area contributed by atoms with E-state index < -0.39 is 0 Å². The highest BCUT2D eigenvalue weighted by molar-refractivity contribution is 4.78. The van der Waals surface area contributed by atoms with E-state index in [4.69, 9.17) is 0 Å². The lowest BCUT2D eigenvalue weighted by Gasteiger charge is -2.35. The fraction of sp³-hybridized carbons (Fsp3) is 1.00. The minimum atomic E-state index is 0.885. The highest BCUT2D eigenvalue weighted by Crippen LogP contribution is 2.38. The molecule has 0 heterocycles. The molecule has 1 rings (SSSR count). The van der Waals surface area contributed by atoms with Crippen LogP contribution in [0.2, 0.25) is 0 Å². The van der Waals surface area contributed by atoms with Gasteiger partial charge in [0.1, 0.15) is 0 Å². The highest BCUT2D eigenvalue weighted by atomic mass is 14.3. The van der Waals surface area contributed by atoms with Crippen molar-refractivity contribution in [3.8, 4) is 0 Å². The molecule has 0 aromatic carbocycles. The molecule has 18 heavy (non-hydrogen) atoms. The molecule has 0 aromatic heterocycles. The summed E-state index contributed by atoms with van der Waals surface area (Å²) in [7, 11) is 0. The molecule has 0 aromatic rings. The third-order valence-corrected chi connectivity index (χ3v) is 5.25. The van der Waals surface area contributed by atoms with Crippen LogP contribution in [-0.2, 0) is 0 Å². The standard InChI is InChI=1S/C18H36/c1-14(2)8-6-9-15(3)12-13-18-16(4)10-7-11-17(18)5/h14-18H,6-13H2,1-5H3/t15-,16+,17+/m0/s1. The summed E-state index contributed by atoms with van der Waals surface area (Å²) in [5.74, 6) is 4.82. The van der Waals surface area contributed by atoms with E-state index in [2.05, 4.69) is 34.6 Å². The minimum Gasteiger partial charge on any atom is -0.0628 e. The molecular formula is C18H36. The molecule has 0 aliphatic heterocycles. The fourth-order valence-electron chi connectivity index (χ4n) is 3.82. The molecule has 0 unspecified atom stereocenters. The van der Waals surface area contributed by atoms with Gasteiger partial charge >= 0.3 is 0 Å². The summed E-state index contributed by atoms with van der Waals surface area (Å²) in [5.41, 5.74) is 0. The molecule has 0 spiro atoms. The first-order valence-electron chi connectivity index (χ1n) is 8.50. The second kappa shape index (κ2) is 8.23. The lowest BCUT2D eigenvalue weighted by molar-refractivity contribution is 0.157. The van der Waals surface area contributed by atoms with Crippen molar-refractivity contribution in [1.82, 2.24) is 0 Å². The zero-order chi connectivity index (χ0) is 13.5. The van der Waals surface area contributed by atoms with Crippen LogP contribution in [0.1, 0.15) is 86.0 Å². The van der Waals surface area contributed by atoms with E-state index in [1.165, 1.54) is 51.4 Å². The summed E-state index contributed by atoms with van der Waals surface area (Å²) in [4.78, 5) is 0. The van der Waals surface area contributed by atoms with Crippen molar-refractivity contribution in [2.24, 2.45) is 29.6 Å². The Balaban J connectivity index is 2.18. The molecule has 108 valence electrons. The number of hydrogen-bond donors (Lipinski definition) is 0. The SMILES string of the molecule is CC(C)CCC[C@H](C)CCC1[C@H](C)CCC[C@H]1C. The first-order chi connectivity index (χ1) is 8.50. The molecule has 0 saturated heterocycles. The van der Waals surface area contributed by atoms with Gasteiger partial charge in [-0.25, -0.2) is 0 Å². The Morgan fingerprint density at radius 1 is 0.889 bits per heavy atom. The van der Waals surface area contributed by atoms with E-state index in [-0.39, 0.29) is 0 Å². The molecular weight excluding hydrogens is 216 g/mol. The third kappa shape index (κ3) is 5.76. The maximum atomic E-state index is 2.49. The second-order valence-electron chi connectivity index (χ2n) is 7.56. The van der Waals surface area contributed by atoms with Crippen LogP contribution in [0.15, 0.2) is 0 Å². The minimum absolute atomic E-state index is 0.885. The molecule has 0 bridgehead atoms. The van der Waals surface area contributed by atoms with Crippen molar-refractivity contribution in [1.29, 1.82) is 0 Å². The molecule has 1 aliphatic rings. The molecule has 1 fully saturated rings. The van der Waals surface area contributed by atoms with Crippen LogP contribution in [-0.4, -0.2) is 0 Å². The zero-order valence-corrected chi connectivity index (χ0v) is 13.5. The lowest BCUT2D eigenvalue weighted by atomic mass is 9.71. The summed E-state index contributed by atoms with van der Waals surface area (Å²) in [6.07, 6.45) is 11.7. The predicted octanol–water partition coefficient (Wildman–Crippen LogP) is 6.30. The van der Waals surface area contributed by atoms with E-state index in [0.717, 1.165) is 29.6 Å². The van der Waals surface area contributed by atoms with Gasteiger partial charge in [0.25, 0.3) is 0 Å². The van der Waals surface area contributed by atoms with Crippen LogP contribution < -0.4 is 0 Å². The van der Waals surface area contributed by atoms with Crippen LogP contribution in [0.4, 0.5) is 0 Å². The van der Waals surface area contributed by atoms with Crippen LogP contribution in [0, 0.1) is 29.6 Å².